The summed E-state index contributed by atoms with van der Waals surface area (Å²) in [6.45, 7) is 12.8. The van der Waals surface area contributed by atoms with Crippen LogP contribution in [0.2, 0.25) is 0 Å². The highest BCUT2D eigenvalue weighted by atomic mass is 16.2. The monoisotopic (exact) mass is 509 g/mol. The topological polar surface area (TPSA) is 45.2 Å². The van der Waals surface area contributed by atoms with Gasteiger partial charge in [-0.25, -0.2) is 4.79 Å². The van der Waals surface area contributed by atoms with Gasteiger partial charge in [-0.05, 0) is 96.2 Å². The van der Waals surface area contributed by atoms with Crippen LogP contribution < -0.4 is 5.32 Å². The summed E-state index contributed by atoms with van der Waals surface area (Å²) in [5, 5.41) is 3.17. The van der Waals surface area contributed by atoms with Gasteiger partial charge in [-0.1, -0.05) is 76.1 Å². The molecule has 1 N–H and O–H groups in total. The highest BCUT2D eigenvalue weighted by molar-refractivity contribution is 5.89. The fourth-order valence-electron chi connectivity index (χ4n) is 7.35. The van der Waals surface area contributed by atoms with Crippen molar-refractivity contribution < 1.29 is 4.79 Å². The number of hydrogen-bond acceptors (Lipinski definition) is 2. The molecule has 0 radical (unpaired) electrons. The van der Waals surface area contributed by atoms with Gasteiger partial charge in [-0.2, -0.15) is 0 Å². The van der Waals surface area contributed by atoms with Crippen LogP contribution in [0.1, 0.15) is 87.2 Å². The number of benzene rings is 2. The molecule has 38 heavy (non-hydrogen) atoms. The molecule has 1 saturated carbocycles. The maximum absolute atomic E-state index is 13.7. The highest BCUT2D eigenvalue weighted by Gasteiger charge is 2.52. The standard InChI is InChI=1S/C34H43N3O/c1-24(2)26-12-16-30-27(21-26)13-17-31-33(4,18-8-19-34(30,31)5)23-37(22-29-9-6-7-20-35-29)32(38)36-28-14-10-25(3)11-15-28/h6-7,9-12,14-16,20-21,24,31H,8,13,17-19,22-23H2,1-5H3,(H,36,38)/t31-,33+,34+/m1/s1. The van der Waals surface area contributed by atoms with Crippen molar-refractivity contribution in [2.24, 2.45) is 11.3 Å². The quantitative estimate of drug-likeness (QED) is 0.363. The van der Waals surface area contributed by atoms with E-state index < -0.39 is 0 Å². The van der Waals surface area contributed by atoms with Crippen molar-refractivity contribution in [3.05, 3.63) is 94.8 Å². The van der Waals surface area contributed by atoms with Crippen LogP contribution in [-0.4, -0.2) is 22.5 Å². The minimum absolute atomic E-state index is 0.0286. The summed E-state index contributed by atoms with van der Waals surface area (Å²) in [6, 6.07) is 21.2. The molecular weight excluding hydrogens is 466 g/mol. The van der Waals surface area contributed by atoms with Crippen molar-refractivity contribution in [3.8, 4) is 0 Å². The van der Waals surface area contributed by atoms with E-state index >= 15 is 0 Å². The van der Waals surface area contributed by atoms with Gasteiger partial charge in [0.2, 0.25) is 0 Å². The van der Waals surface area contributed by atoms with E-state index in [0.717, 1.165) is 30.8 Å². The van der Waals surface area contributed by atoms with Gasteiger partial charge in [0.15, 0.2) is 0 Å². The number of carbonyl (C=O) groups excluding carboxylic acids is 1. The van der Waals surface area contributed by atoms with Crippen LogP contribution in [-0.2, 0) is 18.4 Å². The van der Waals surface area contributed by atoms with E-state index in [1.807, 2.05) is 53.6 Å². The average molecular weight is 510 g/mol. The Bertz CT molecular complexity index is 1270. The molecular formula is C34H43N3O. The Morgan fingerprint density at radius 3 is 2.58 bits per heavy atom. The minimum Gasteiger partial charge on any atom is -0.318 e. The van der Waals surface area contributed by atoms with Gasteiger partial charge in [-0.15, -0.1) is 0 Å². The van der Waals surface area contributed by atoms with E-state index in [-0.39, 0.29) is 16.9 Å². The van der Waals surface area contributed by atoms with Gasteiger partial charge in [0, 0.05) is 18.4 Å². The van der Waals surface area contributed by atoms with Crippen molar-refractivity contribution in [1.29, 1.82) is 0 Å². The Morgan fingerprint density at radius 2 is 1.87 bits per heavy atom. The molecule has 200 valence electrons. The number of fused-ring (bicyclic) bond motifs is 3. The Kier molecular flexibility index (Phi) is 7.35. The van der Waals surface area contributed by atoms with Crippen LogP contribution in [0.15, 0.2) is 66.9 Å². The minimum atomic E-state index is -0.0502. The normalized spacial score (nSPS) is 24.4. The summed E-state index contributed by atoms with van der Waals surface area (Å²) in [6.07, 6.45) is 7.67. The molecule has 0 spiro atoms. The molecule has 3 atom stereocenters. The number of carbonyl (C=O) groups is 1. The maximum Gasteiger partial charge on any atom is 0.322 e. The third kappa shape index (κ3) is 5.23. The number of amides is 2. The second kappa shape index (κ2) is 10.6. The average Bonchev–Trinajstić information content (AvgIpc) is 2.90. The molecule has 1 fully saturated rings. The number of nitrogens with one attached hydrogen (secondary N) is 1. The second-order valence-electron chi connectivity index (χ2n) is 12.6. The number of nitrogens with zero attached hydrogens (tertiary/aromatic N) is 2. The predicted octanol–water partition coefficient (Wildman–Crippen LogP) is 8.26. The molecule has 1 heterocycles. The summed E-state index contributed by atoms with van der Waals surface area (Å²) < 4.78 is 0. The smallest absolute Gasteiger partial charge is 0.318 e. The number of urea groups is 1. The molecule has 0 saturated heterocycles. The van der Waals surface area contributed by atoms with E-state index in [0.29, 0.717) is 18.4 Å². The number of hydrogen-bond donors (Lipinski definition) is 1. The summed E-state index contributed by atoms with van der Waals surface area (Å²) in [7, 11) is 0. The molecule has 0 aliphatic heterocycles. The van der Waals surface area contributed by atoms with Gasteiger partial charge in [0.25, 0.3) is 0 Å². The molecule has 4 heteroatoms. The van der Waals surface area contributed by atoms with Crippen LogP contribution in [0.4, 0.5) is 10.5 Å². The molecule has 3 aromatic rings. The molecule has 2 amide bonds. The van der Waals surface area contributed by atoms with Crippen LogP contribution in [0.3, 0.4) is 0 Å². The summed E-state index contributed by atoms with van der Waals surface area (Å²) in [5.41, 5.74) is 7.63. The van der Waals surface area contributed by atoms with Gasteiger partial charge in [0.1, 0.15) is 0 Å². The van der Waals surface area contributed by atoms with E-state index in [2.05, 4.69) is 63.1 Å². The first-order chi connectivity index (χ1) is 18.2. The number of aromatic nitrogens is 1. The van der Waals surface area contributed by atoms with Gasteiger partial charge in [0.05, 0.1) is 12.2 Å². The zero-order chi connectivity index (χ0) is 26.9. The largest absolute Gasteiger partial charge is 0.322 e. The molecule has 5 rings (SSSR count). The first kappa shape index (κ1) is 26.5. The molecule has 0 bridgehead atoms. The third-order valence-corrected chi connectivity index (χ3v) is 9.39. The number of aryl methyl sites for hydroxylation is 2. The van der Waals surface area contributed by atoms with Crippen LogP contribution in [0.5, 0.6) is 0 Å². The number of anilines is 1. The van der Waals surface area contributed by atoms with Crippen molar-refractivity contribution in [1.82, 2.24) is 9.88 Å². The first-order valence-corrected chi connectivity index (χ1v) is 14.3. The Hall–Kier alpha value is -3.14. The Morgan fingerprint density at radius 1 is 1.08 bits per heavy atom. The van der Waals surface area contributed by atoms with Gasteiger partial charge in [-0.3, -0.25) is 4.98 Å². The van der Waals surface area contributed by atoms with Gasteiger partial charge < -0.3 is 10.2 Å². The van der Waals surface area contributed by atoms with Crippen molar-refractivity contribution in [3.63, 3.8) is 0 Å². The van der Waals surface area contributed by atoms with Crippen molar-refractivity contribution in [2.45, 2.75) is 84.6 Å². The fraction of sp³-hybridized carbons (Fsp3) is 0.471. The Labute approximate surface area is 228 Å². The van der Waals surface area contributed by atoms with Crippen LogP contribution in [0, 0.1) is 18.3 Å². The second-order valence-corrected chi connectivity index (χ2v) is 12.6. The third-order valence-electron chi connectivity index (χ3n) is 9.39. The lowest BCUT2D eigenvalue weighted by Gasteiger charge is -2.56. The molecule has 1 aromatic heterocycles. The SMILES string of the molecule is Cc1ccc(NC(=O)N(Cc2ccccn2)C[C@]2(C)CCC[C@@]3(C)c4ccc(C(C)C)cc4CC[C@H]23)cc1. The number of rotatable bonds is 6. The molecule has 4 nitrogen and oxygen atoms in total. The summed E-state index contributed by atoms with van der Waals surface area (Å²) in [4.78, 5) is 20.3. The van der Waals surface area contributed by atoms with Gasteiger partial charge >= 0.3 is 6.03 Å². The van der Waals surface area contributed by atoms with Crippen molar-refractivity contribution in [2.75, 3.05) is 11.9 Å². The molecule has 2 aromatic carbocycles. The number of pyridine rings is 1. The Balaban J connectivity index is 1.44. The molecule has 2 aliphatic rings. The fourth-order valence-corrected chi connectivity index (χ4v) is 7.35. The van der Waals surface area contributed by atoms with Crippen LogP contribution >= 0.6 is 0 Å². The van der Waals surface area contributed by atoms with E-state index in [9.17, 15) is 4.79 Å². The molecule has 0 unspecified atom stereocenters. The summed E-state index contributed by atoms with van der Waals surface area (Å²) in [5.74, 6) is 1.08. The maximum atomic E-state index is 13.7. The zero-order valence-corrected chi connectivity index (χ0v) is 23.8. The van der Waals surface area contributed by atoms with E-state index in [1.54, 1.807) is 11.1 Å². The molecule has 2 aliphatic carbocycles. The lowest BCUT2D eigenvalue weighted by Crippen LogP contribution is -2.54. The van der Waals surface area contributed by atoms with E-state index in [4.69, 9.17) is 0 Å². The zero-order valence-electron chi connectivity index (χ0n) is 23.8. The lowest BCUT2D eigenvalue weighted by atomic mass is 9.49. The van der Waals surface area contributed by atoms with E-state index in [1.165, 1.54) is 30.4 Å². The summed E-state index contributed by atoms with van der Waals surface area (Å²) >= 11 is 0. The van der Waals surface area contributed by atoms with Crippen LogP contribution in [0.25, 0.3) is 0 Å². The predicted molar refractivity (Wildman–Crippen MR) is 156 cm³/mol. The highest BCUT2D eigenvalue weighted by Crippen LogP contribution is 2.57. The lowest BCUT2D eigenvalue weighted by molar-refractivity contribution is 0.00450. The van der Waals surface area contributed by atoms with Crippen molar-refractivity contribution >= 4 is 11.7 Å². The first-order valence-electron chi connectivity index (χ1n) is 14.3.